The molecule has 0 bridgehead atoms. The minimum atomic E-state index is -0.0307. The van der Waals surface area contributed by atoms with E-state index in [9.17, 15) is 4.79 Å². The summed E-state index contributed by atoms with van der Waals surface area (Å²) in [6.07, 6.45) is 5.15. The lowest BCUT2D eigenvalue weighted by Gasteiger charge is -2.13. The molecular formula is C7H10N2O. The van der Waals surface area contributed by atoms with Crippen LogP contribution in [0.1, 0.15) is 32.1 Å². The number of carbonyl (C=O) groups is 1. The van der Waals surface area contributed by atoms with Gasteiger partial charge in [-0.25, -0.2) is 0 Å². The van der Waals surface area contributed by atoms with Crippen LogP contribution in [0.5, 0.6) is 0 Å². The van der Waals surface area contributed by atoms with E-state index in [2.05, 4.69) is 10.2 Å². The zero-order valence-electron chi connectivity index (χ0n) is 5.84. The van der Waals surface area contributed by atoms with Gasteiger partial charge in [0.15, 0.2) is 0 Å². The van der Waals surface area contributed by atoms with Gasteiger partial charge in [-0.3, -0.25) is 4.79 Å². The van der Waals surface area contributed by atoms with Gasteiger partial charge in [-0.05, 0) is 12.8 Å². The fourth-order valence-corrected chi connectivity index (χ4v) is 1.82. The van der Waals surface area contributed by atoms with Crippen LogP contribution in [-0.2, 0) is 4.79 Å². The highest BCUT2D eigenvalue weighted by Crippen LogP contribution is 2.39. The van der Waals surface area contributed by atoms with E-state index in [1.807, 2.05) is 0 Å². The standard InChI is InChI=1S/C7H10N2O/c10-6-5-7(9-8-6)3-1-2-4-7/h1-5H2. The molecule has 1 aliphatic heterocycles. The predicted molar refractivity (Wildman–Crippen MR) is 35.7 cm³/mol. The summed E-state index contributed by atoms with van der Waals surface area (Å²) in [5.74, 6) is -0.0260. The second-order valence-electron chi connectivity index (χ2n) is 3.20. The van der Waals surface area contributed by atoms with Crippen molar-refractivity contribution >= 4 is 5.91 Å². The third-order valence-corrected chi connectivity index (χ3v) is 2.39. The maximum Gasteiger partial charge on any atom is 0.266 e. The van der Waals surface area contributed by atoms with Crippen LogP contribution in [0.4, 0.5) is 0 Å². The summed E-state index contributed by atoms with van der Waals surface area (Å²) < 4.78 is 0. The topological polar surface area (TPSA) is 41.8 Å². The minimum absolute atomic E-state index is 0.0260. The zero-order valence-corrected chi connectivity index (χ0v) is 5.84. The summed E-state index contributed by atoms with van der Waals surface area (Å²) in [6, 6.07) is 0. The van der Waals surface area contributed by atoms with Gasteiger partial charge >= 0.3 is 0 Å². The number of azo groups is 1. The van der Waals surface area contributed by atoms with Gasteiger partial charge in [-0.2, -0.15) is 5.11 Å². The lowest BCUT2D eigenvalue weighted by atomic mass is 9.96. The quantitative estimate of drug-likeness (QED) is 0.502. The van der Waals surface area contributed by atoms with Crippen molar-refractivity contribution < 1.29 is 4.79 Å². The average Bonchev–Trinajstić information content (AvgIpc) is 2.46. The van der Waals surface area contributed by atoms with Gasteiger partial charge in [0.2, 0.25) is 0 Å². The van der Waals surface area contributed by atoms with Crippen LogP contribution in [0.3, 0.4) is 0 Å². The minimum Gasteiger partial charge on any atom is -0.271 e. The van der Waals surface area contributed by atoms with E-state index in [1.165, 1.54) is 12.8 Å². The smallest absolute Gasteiger partial charge is 0.266 e. The number of nitrogens with zero attached hydrogens (tertiary/aromatic N) is 2. The van der Waals surface area contributed by atoms with Gasteiger partial charge in [0.05, 0.1) is 12.0 Å². The molecule has 1 fully saturated rings. The van der Waals surface area contributed by atoms with E-state index in [0.717, 1.165) is 12.8 Å². The molecule has 1 saturated carbocycles. The molecule has 3 heteroatoms. The second-order valence-corrected chi connectivity index (χ2v) is 3.20. The van der Waals surface area contributed by atoms with Crippen molar-refractivity contribution in [3.8, 4) is 0 Å². The van der Waals surface area contributed by atoms with Crippen molar-refractivity contribution in [1.29, 1.82) is 0 Å². The Hall–Kier alpha value is -0.730. The Morgan fingerprint density at radius 3 is 2.50 bits per heavy atom. The molecule has 0 N–H and O–H groups in total. The number of hydrogen-bond donors (Lipinski definition) is 0. The maximum absolute atomic E-state index is 10.7. The van der Waals surface area contributed by atoms with Crippen LogP contribution < -0.4 is 0 Å². The summed E-state index contributed by atoms with van der Waals surface area (Å²) in [5.41, 5.74) is -0.0307. The predicted octanol–water partition coefficient (Wildman–Crippen LogP) is 1.68. The molecule has 0 radical (unpaired) electrons. The van der Waals surface area contributed by atoms with Crippen molar-refractivity contribution in [3.05, 3.63) is 0 Å². The molecule has 0 aromatic rings. The molecule has 10 heavy (non-hydrogen) atoms. The Labute approximate surface area is 59.5 Å². The Bertz CT molecular complexity index is 192. The van der Waals surface area contributed by atoms with Gasteiger partial charge in [0.1, 0.15) is 0 Å². The highest BCUT2D eigenvalue weighted by atomic mass is 16.2. The van der Waals surface area contributed by atoms with Crippen LogP contribution >= 0.6 is 0 Å². The van der Waals surface area contributed by atoms with Crippen molar-refractivity contribution in [3.63, 3.8) is 0 Å². The zero-order chi connectivity index (χ0) is 7.03. The third kappa shape index (κ3) is 0.770. The van der Waals surface area contributed by atoms with Crippen molar-refractivity contribution in [2.75, 3.05) is 0 Å². The fourth-order valence-electron chi connectivity index (χ4n) is 1.82. The van der Waals surface area contributed by atoms with Crippen LogP contribution in [-0.4, -0.2) is 11.4 Å². The third-order valence-electron chi connectivity index (χ3n) is 2.39. The Balaban J connectivity index is 2.18. The molecule has 0 atom stereocenters. The van der Waals surface area contributed by atoms with Crippen molar-refractivity contribution in [1.82, 2.24) is 0 Å². The van der Waals surface area contributed by atoms with Gasteiger partial charge in [-0.15, -0.1) is 5.11 Å². The highest BCUT2D eigenvalue weighted by Gasteiger charge is 2.39. The molecule has 0 saturated heterocycles. The Morgan fingerprint density at radius 2 is 2.00 bits per heavy atom. The molecule has 1 aliphatic carbocycles. The average molecular weight is 138 g/mol. The first-order valence-electron chi connectivity index (χ1n) is 3.77. The summed E-state index contributed by atoms with van der Waals surface area (Å²) in [6.45, 7) is 0. The monoisotopic (exact) mass is 138 g/mol. The largest absolute Gasteiger partial charge is 0.271 e. The molecule has 2 aliphatic rings. The van der Waals surface area contributed by atoms with E-state index in [-0.39, 0.29) is 11.4 Å². The number of amides is 1. The maximum atomic E-state index is 10.7. The molecule has 1 amide bonds. The van der Waals surface area contributed by atoms with Crippen molar-refractivity contribution in [2.45, 2.75) is 37.6 Å². The van der Waals surface area contributed by atoms with Crippen LogP contribution in [0.2, 0.25) is 0 Å². The summed E-state index contributed by atoms with van der Waals surface area (Å²) in [7, 11) is 0. The van der Waals surface area contributed by atoms with E-state index in [0.29, 0.717) is 6.42 Å². The molecule has 2 rings (SSSR count). The van der Waals surface area contributed by atoms with E-state index >= 15 is 0 Å². The molecule has 1 spiro atoms. The van der Waals surface area contributed by atoms with Gasteiger partial charge < -0.3 is 0 Å². The number of carbonyl (C=O) groups excluding carboxylic acids is 1. The van der Waals surface area contributed by atoms with Crippen LogP contribution in [0.25, 0.3) is 0 Å². The SMILES string of the molecule is O=C1CC2(CCCC2)N=N1. The number of rotatable bonds is 0. The lowest BCUT2D eigenvalue weighted by Crippen LogP contribution is -2.19. The first-order valence-corrected chi connectivity index (χ1v) is 3.77. The highest BCUT2D eigenvalue weighted by molar-refractivity contribution is 5.79. The van der Waals surface area contributed by atoms with Crippen LogP contribution in [0.15, 0.2) is 10.2 Å². The summed E-state index contributed by atoms with van der Waals surface area (Å²) in [4.78, 5) is 10.7. The van der Waals surface area contributed by atoms with Crippen LogP contribution in [0, 0.1) is 0 Å². The molecule has 1 heterocycles. The Morgan fingerprint density at radius 1 is 1.30 bits per heavy atom. The Kier molecular flexibility index (Phi) is 1.13. The molecule has 0 unspecified atom stereocenters. The van der Waals surface area contributed by atoms with E-state index in [4.69, 9.17) is 0 Å². The summed E-state index contributed by atoms with van der Waals surface area (Å²) in [5, 5.41) is 7.58. The molecule has 0 aromatic heterocycles. The first kappa shape index (κ1) is 6.01. The molecular weight excluding hydrogens is 128 g/mol. The summed E-state index contributed by atoms with van der Waals surface area (Å²) >= 11 is 0. The first-order chi connectivity index (χ1) is 4.81. The van der Waals surface area contributed by atoms with Gasteiger partial charge in [-0.1, -0.05) is 12.8 Å². The second kappa shape index (κ2) is 1.87. The molecule has 0 aromatic carbocycles. The number of hydrogen-bond acceptors (Lipinski definition) is 2. The van der Waals surface area contributed by atoms with E-state index < -0.39 is 0 Å². The van der Waals surface area contributed by atoms with E-state index in [1.54, 1.807) is 0 Å². The normalized spacial score (nSPS) is 28.6. The van der Waals surface area contributed by atoms with Gasteiger partial charge in [0.25, 0.3) is 5.91 Å². The molecule has 54 valence electrons. The lowest BCUT2D eigenvalue weighted by molar-refractivity contribution is -0.117. The van der Waals surface area contributed by atoms with Crippen molar-refractivity contribution in [2.24, 2.45) is 10.2 Å². The fraction of sp³-hybridized carbons (Fsp3) is 0.857. The molecule has 3 nitrogen and oxygen atoms in total. The van der Waals surface area contributed by atoms with Gasteiger partial charge in [0, 0.05) is 0 Å².